The SMILES string of the molecule is CC(=O)c1cccc(OCCN2CCNC2=O)c1. The number of rotatable bonds is 5. The fourth-order valence-corrected chi connectivity index (χ4v) is 1.80. The van der Waals surface area contributed by atoms with Crippen molar-refractivity contribution in [2.45, 2.75) is 6.92 Å². The van der Waals surface area contributed by atoms with E-state index in [1.807, 2.05) is 0 Å². The summed E-state index contributed by atoms with van der Waals surface area (Å²) < 4.78 is 5.53. The van der Waals surface area contributed by atoms with Gasteiger partial charge in [0.15, 0.2) is 5.78 Å². The summed E-state index contributed by atoms with van der Waals surface area (Å²) in [5.74, 6) is 0.668. The number of nitrogens with one attached hydrogen (secondary N) is 1. The third-order valence-corrected chi connectivity index (χ3v) is 2.82. The van der Waals surface area contributed by atoms with Gasteiger partial charge in [-0.2, -0.15) is 0 Å². The maximum Gasteiger partial charge on any atom is 0.317 e. The molecule has 5 nitrogen and oxygen atoms in total. The number of ketones is 1. The van der Waals surface area contributed by atoms with Crippen LogP contribution in [0, 0.1) is 0 Å². The zero-order valence-corrected chi connectivity index (χ0v) is 10.3. The van der Waals surface area contributed by atoms with Gasteiger partial charge in [-0.1, -0.05) is 12.1 Å². The van der Waals surface area contributed by atoms with Crippen LogP contribution in [0.2, 0.25) is 0 Å². The molecule has 1 saturated heterocycles. The molecule has 1 heterocycles. The second kappa shape index (κ2) is 5.53. The Morgan fingerprint density at radius 3 is 3.00 bits per heavy atom. The van der Waals surface area contributed by atoms with Gasteiger partial charge in [0.05, 0.1) is 6.54 Å². The van der Waals surface area contributed by atoms with Crippen LogP contribution in [0.3, 0.4) is 0 Å². The molecule has 0 unspecified atom stereocenters. The molecule has 18 heavy (non-hydrogen) atoms. The van der Waals surface area contributed by atoms with Crippen LogP contribution in [0.15, 0.2) is 24.3 Å². The van der Waals surface area contributed by atoms with Crippen LogP contribution in [0.5, 0.6) is 5.75 Å². The van der Waals surface area contributed by atoms with Crippen LogP contribution < -0.4 is 10.1 Å². The number of carbonyl (C=O) groups excluding carboxylic acids is 2. The van der Waals surface area contributed by atoms with E-state index in [0.29, 0.717) is 31.0 Å². The Hall–Kier alpha value is -2.04. The van der Waals surface area contributed by atoms with Crippen molar-refractivity contribution in [3.05, 3.63) is 29.8 Å². The van der Waals surface area contributed by atoms with Crippen LogP contribution in [-0.2, 0) is 0 Å². The van der Waals surface area contributed by atoms with Crippen molar-refractivity contribution >= 4 is 11.8 Å². The number of carbonyl (C=O) groups is 2. The molecule has 1 aliphatic rings. The number of urea groups is 1. The topological polar surface area (TPSA) is 58.6 Å². The smallest absolute Gasteiger partial charge is 0.317 e. The first-order valence-corrected chi connectivity index (χ1v) is 5.93. The standard InChI is InChI=1S/C13H16N2O3/c1-10(16)11-3-2-4-12(9-11)18-8-7-15-6-5-14-13(15)17/h2-4,9H,5-8H2,1H3,(H,14,17). The molecule has 1 fully saturated rings. The first kappa shape index (κ1) is 12.4. The lowest BCUT2D eigenvalue weighted by Crippen LogP contribution is -2.31. The highest BCUT2D eigenvalue weighted by Gasteiger charge is 2.18. The van der Waals surface area contributed by atoms with Crippen molar-refractivity contribution in [1.29, 1.82) is 0 Å². The highest BCUT2D eigenvalue weighted by molar-refractivity contribution is 5.94. The summed E-state index contributed by atoms with van der Waals surface area (Å²) in [6.07, 6.45) is 0. The van der Waals surface area contributed by atoms with Crippen molar-refractivity contribution in [3.63, 3.8) is 0 Å². The van der Waals surface area contributed by atoms with Crippen molar-refractivity contribution in [2.24, 2.45) is 0 Å². The Labute approximate surface area is 106 Å². The van der Waals surface area contributed by atoms with Crippen LogP contribution in [0.4, 0.5) is 4.79 Å². The highest BCUT2D eigenvalue weighted by Crippen LogP contribution is 2.13. The summed E-state index contributed by atoms with van der Waals surface area (Å²) in [5, 5.41) is 2.73. The molecular formula is C13H16N2O3. The van der Waals surface area contributed by atoms with Crippen molar-refractivity contribution < 1.29 is 14.3 Å². The van der Waals surface area contributed by atoms with Gasteiger partial charge in [-0.3, -0.25) is 4.79 Å². The van der Waals surface area contributed by atoms with Gasteiger partial charge in [0.25, 0.3) is 0 Å². The third kappa shape index (κ3) is 3.00. The van der Waals surface area contributed by atoms with Crippen LogP contribution in [0.1, 0.15) is 17.3 Å². The predicted octanol–water partition coefficient (Wildman–Crippen LogP) is 1.29. The number of hydrogen-bond donors (Lipinski definition) is 1. The first-order valence-electron chi connectivity index (χ1n) is 5.93. The number of ether oxygens (including phenoxy) is 1. The molecule has 0 atom stereocenters. The third-order valence-electron chi connectivity index (χ3n) is 2.82. The van der Waals surface area contributed by atoms with Gasteiger partial charge in [-0.05, 0) is 19.1 Å². The Morgan fingerprint density at radius 2 is 2.33 bits per heavy atom. The molecule has 5 heteroatoms. The summed E-state index contributed by atoms with van der Waals surface area (Å²) in [5.41, 5.74) is 0.631. The van der Waals surface area contributed by atoms with Gasteiger partial charge in [0.2, 0.25) is 0 Å². The molecule has 0 aromatic heterocycles. The summed E-state index contributed by atoms with van der Waals surface area (Å²) in [6, 6.07) is 7.01. The van der Waals surface area contributed by atoms with Gasteiger partial charge in [-0.25, -0.2) is 4.79 Å². The van der Waals surface area contributed by atoms with E-state index in [-0.39, 0.29) is 11.8 Å². The van der Waals surface area contributed by atoms with Gasteiger partial charge < -0.3 is 15.0 Å². The number of benzene rings is 1. The molecule has 2 amide bonds. The summed E-state index contributed by atoms with van der Waals surface area (Å²) >= 11 is 0. The molecule has 0 bridgehead atoms. The minimum absolute atomic E-state index is 0.0133. The molecule has 0 saturated carbocycles. The summed E-state index contributed by atoms with van der Waals surface area (Å²) in [7, 11) is 0. The Bertz CT molecular complexity index is 459. The predicted molar refractivity (Wildman–Crippen MR) is 66.9 cm³/mol. The lowest BCUT2D eigenvalue weighted by molar-refractivity contribution is 0.101. The fraction of sp³-hybridized carbons (Fsp3) is 0.385. The van der Waals surface area contributed by atoms with Crippen LogP contribution in [0.25, 0.3) is 0 Å². The lowest BCUT2D eigenvalue weighted by Gasteiger charge is -2.14. The zero-order valence-electron chi connectivity index (χ0n) is 10.3. The first-order chi connectivity index (χ1) is 8.66. The molecule has 2 rings (SSSR count). The van der Waals surface area contributed by atoms with Crippen LogP contribution in [-0.4, -0.2) is 43.0 Å². The van der Waals surface area contributed by atoms with Gasteiger partial charge in [-0.15, -0.1) is 0 Å². The van der Waals surface area contributed by atoms with Gasteiger partial charge in [0, 0.05) is 18.7 Å². The molecule has 0 aliphatic carbocycles. The number of Topliss-reactive ketones (excluding diaryl/α,β-unsaturated/α-hetero) is 1. The fourth-order valence-electron chi connectivity index (χ4n) is 1.80. The van der Waals surface area contributed by atoms with Crippen molar-refractivity contribution in [2.75, 3.05) is 26.2 Å². The monoisotopic (exact) mass is 248 g/mol. The Morgan fingerprint density at radius 1 is 1.50 bits per heavy atom. The maximum absolute atomic E-state index is 11.3. The molecule has 1 N–H and O–H groups in total. The van der Waals surface area contributed by atoms with E-state index in [1.165, 1.54) is 6.92 Å². The van der Waals surface area contributed by atoms with E-state index in [9.17, 15) is 9.59 Å². The average molecular weight is 248 g/mol. The highest BCUT2D eigenvalue weighted by atomic mass is 16.5. The molecule has 1 aliphatic heterocycles. The van der Waals surface area contributed by atoms with Crippen LogP contribution >= 0.6 is 0 Å². The second-order valence-corrected chi connectivity index (χ2v) is 4.15. The minimum Gasteiger partial charge on any atom is -0.492 e. The number of amides is 2. The molecule has 1 aromatic carbocycles. The molecule has 96 valence electrons. The zero-order chi connectivity index (χ0) is 13.0. The number of nitrogens with zero attached hydrogens (tertiary/aromatic N) is 1. The minimum atomic E-state index is -0.0453. The molecule has 0 spiro atoms. The Kier molecular flexibility index (Phi) is 3.82. The Balaban J connectivity index is 1.84. The average Bonchev–Trinajstić information content (AvgIpc) is 2.76. The quantitative estimate of drug-likeness (QED) is 0.799. The van der Waals surface area contributed by atoms with E-state index in [2.05, 4.69) is 5.32 Å². The molecular weight excluding hydrogens is 232 g/mol. The van der Waals surface area contributed by atoms with E-state index in [0.717, 1.165) is 6.54 Å². The molecule has 1 aromatic rings. The largest absolute Gasteiger partial charge is 0.492 e. The normalized spacial score (nSPS) is 14.5. The van der Waals surface area contributed by atoms with E-state index >= 15 is 0 Å². The lowest BCUT2D eigenvalue weighted by atomic mass is 10.1. The van der Waals surface area contributed by atoms with Gasteiger partial charge in [0.1, 0.15) is 12.4 Å². The van der Waals surface area contributed by atoms with Crippen molar-refractivity contribution in [1.82, 2.24) is 10.2 Å². The van der Waals surface area contributed by atoms with Gasteiger partial charge >= 0.3 is 6.03 Å². The number of hydrogen-bond acceptors (Lipinski definition) is 3. The van der Waals surface area contributed by atoms with Crippen molar-refractivity contribution in [3.8, 4) is 5.75 Å². The second-order valence-electron chi connectivity index (χ2n) is 4.15. The van der Waals surface area contributed by atoms with E-state index in [1.54, 1.807) is 29.2 Å². The summed E-state index contributed by atoms with van der Waals surface area (Å²) in [6.45, 7) is 3.91. The maximum atomic E-state index is 11.3. The summed E-state index contributed by atoms with van der Waals surface area (Å²) in [4.78, 5) is 24.2. The molecule has 0 radical (unpaired) electrons. The van der Waals surface area contributed by atoms with E-state index < -0.39 is 0 Å². The van der Waals surface area contributed by atoms with E-state index in [4.69, 9.17) is 4.74 Å².